The first-order valence-electron chi connectivity index (χ1n) is 20.9. The highest BCUT2D eigenvalue weighted by Gasteiger charge is 2.38. The zero-order valence-corrected chi connectivity index (χ0v) is 39.0. The molecule has 5 N–H and O–H groups in total. The highest BCUT2D eigenvalue weighted by molar-refractivity contribution is 5.76. The number of nitrogen functional groups attached to an aromatic ring is 2. The number of carbonyl (C=O) groups excluding carboxylic acids is 5. The van der Waals surface area contributed by atoms with E-state index in [9.17, 15) is 37.1 Å². The summed E-state index contributed by atoms with van der Waals surface area (Å²) in [7, 11) is 5.00. The number of halogens is 3. The third-order valence-electron chi connectivity index (χ3n) is 9.15. The van der Waals surface area contributed by atoms with E-state index in [1.165, 1.54) is 38.2 Å². The second-order valence-corrected chi connectivity index (χ2v) is 14.8. The fourth-order valence-electron chi connectivity index (χ4n) is 5.99. The number of aliphatic carboxylic acids is 1. The van der Waals surface area contributed by atoms with Crippen LogP contribution in [0, 0.1) is 23.7 Å². The molecule has 2 heterocycles. The molecule has 70 heavy (non-hydrogen) atoms. The highest BCUT2D eigenvalue weighted by Crippen LogP contribution is 2.17. The van der Waals surface area contributed by atoms with Crippen molar-refractivity contribution in [3.05, 3.63) is 118 Å². The average Bonchev–Trinajstić information content (AvgIpc) is 3.30. The van der Waals surface area contributed by atoms with Gasteiger partial charge in [0.05, 0.1) is 90.5 Å². The Morgan fingerprint density at radius 3 is 1.06 bits per heavy atom. The fourth-order valence-corrected chi connectivity index (χ4v) is 5.99. The lowest BCUT2D eigenvalue weighted by molar-refractivity contribution is -0.192. The number of esters is 5. The molecule has 0 aliphatic rings. The van der Waals surface area contributed by atoms with Crippen molar-refractivity contribution in [3.8, 4) is 23.7 Å². The quantitative estimate of drug-likeness (QED) is 0.0528. The summed E-state index contributed by atoms with van der Waals surface area (Å²) in [5.41, 5.74) is 17.4. The Hall–Kier alpha value is -8.05. The van der Waals surface area contributed by atoms with Crippen molar-refractivity contribution < 1.29 is 70.7 Å². The topological polar surface area (TPSA) is 256 Å². The Morgan fingerprint density at radius 1 is 0.514 bits per heavy atom. The summed E-state index contributed by atoms with van der Waals surface area (Å²) in [6, 6.07) is 21.2. The van der Waals surface area contributed by atoms with Crippen LogP contribution in [0.2, 0.25) is 0 Å². The molecule has 4 rings (SSSR count). The van der Waals surface area contributed by atoms with Crippen molar-refractivity contribution in [2.24, 2.45) is 0 Å². The van der Waals surface area contributed by atoms with Crippen LogP contribution in [-0.4, -0.2) is 140 Å². The summed E-state index contributed by atoms with van der Waals surface area (Å²) >= 11 is 0. The summed E-state index contributed by atoms with van der Waals surface area (Å²) in [6.07, 6.45) is -5.08. The molecule has 0 aliphatic carbocycles. The third-order valence-corrected chi connectivity index (χ3v) is 9.15. The highest BCUT2D eigenvalue weighted by atomic mass is 19.4. The van der Waals surface area contributed by atoms with Crippen molar-refractivity contribution in [1.82, 2.24) is 24.7 Å². The molecular formula is C48H52F3N7O12. The van der Waals surface area contributed by atoms with Gasteiger partial charge in [0.25, 0.3) is 0 Å². The van der Waals surface area contributed by atoms with E-state index in [1.807, 2.05) is 0 Å². The molecule has 0 saturated heterocycles. The van der Waals surface area contributed by atoms with Crippen LogP contribution in [0.1, 0.15) is 52.0 Å². The summed E-state index contributed by atoms with van der Waals surface area (Å²) < 4.78 is 56.6. The molecule has 0 atom stereocenters. The maximum atomic E-state index is 13.1. The number of carbonyl (C=O) groups is 6. The Kier molecular flexibility index (Phi) is 22.8. The molecule has 0 spiro atoms. The Balaban J connectivity index is 0.00000171. The number of alkyl halides is 3. The maximum absolute atomic E-state index is 13.1. The number of hydrogen-bond donors (Lipinski definition) is 3. The molecule has 22 heteroatoms. The summed E-state index contributed by atoms with van der Waals surface area (Å²) in [5, 5.41) is 7.12. The lowest BCUT2D eigenvalue weighted by Crippen LogP contribution is -2.36. The Labute approximate surface area is 401 Å². The van der Waals surface area contributed by atoms with E-state index in [1.54, 1.807) is 84.6 Å². The van der Waals surface area contributed by atoms with E-state index in [-0.39, 0.29) is 65.5 Å². The van der Waals surface area contributed by atoms with Crippen molar-refractivity contribution in [2.45, 2.75) is 39.3 Å². The van der Waals surface area contributed by atoms with Crippen molar-refractivity contribution in [3.63, 3.8) is 0 Å². The number of hydrogen-bond acceptors (Lipinski definition) is 18. The van der Waals surface area contributed by atoms with E-state index in [2.05, 4.69) is 23.7 Å². The Morgan fingerprint density at radius 2 is 0.786 bits per heavy atom. The van der Waals surface area contributed by atoms with E-state index < -0.39 is 42.0 Å². The maximum Gasteiger partial charge on any atom is 0.490 e. The van der Waals surface area contributed by atoms with Crippen molar-refractivity contribution >= 4 is 47.2 Å². The third kappa shape index (κ3) is 21.3. The molecule has 2 aromatic heterocycles. The van der Waals surface area contributed by atoms with Crippen LogP contribution in [0.4, 0.5) is 24.5 Å². The van der Waals surface area contributed by atoms with Crippen LogP contribution in [0.15, 0.2) is 72.8 Å². The normalized spacial score (nSPS) is 10.7. The largest absolute Gasteiger partial charge is 0.490 e. The van der Waals surface area contributed by atoms with E-state index in [0.29, 0.717) is 56.4 Å². The van der Waals surface area contributed by atoms with Gasteiger partial charge in [0.15, 0.2) is 0 Å². The minimum absolute atomic E-state index is 0.0414. The van der Waals surface area contributed by atoms with Gasteiger partial charge in [-0.05, 0) is 79.7 Å². The number of nitrogens with zero attached hydrogens (tertiary/aromatic N) is 5. The van der Waals surface area contributed by atoms with Crippen LogP contribution in [0.25, 0.3) is 0 Å². The van der Waals surface area contributed by atoms with Gasteiger partial charge in [-0.2, -0.15) is 13.2 Å². The standard InChI is InChI=1S/C46H51N7O10.C2HF3O2/c1-6-63-46(58)31-51(23-38-19-34(9-7-32-11-15-36(47)16-12-32)21-40(49-38)25-52(27-42(54)59-2)28-43(55)60-3)24-39-20-35(10-8-33-13-17-37(48)18-14-33)22-41(50-39)26-53(29-44(56)61-4)30-45(57)62-5;3-2(4,5)1(6)7/h11-22H,6,23-31,47-48H2,1-5H3;(H,6,7). The number of aromatic nitrogens is 2. The number of nitrogens with two attached hydrogens (primary N) is 2. The lowest BCUT2D eigenvalue weighted by Gasteiger charge is -2.23. The predicted octanol–water partition coefficient (Wildman–Crippen LogP) is 2.94. The fraction of sp³-hybridized carbons (Fsp3) is 0.333. The first-order valence-corrected chi connectivity index (χ1v) is 20.9. The summed E-state index contributed by atoms with van der Waals surface area (Å²) in [6.45, 7) is 1.07. The zero-order chi connectivity index (χ0) is 51.8. The van der Waals surface area contributed by atoms with Gasteiger partial charge in [-0.3, -0.25) is 48.6 Å². The van der Waals surface area contributed by atoms with Gasteiger partial charge < -0.3 is 40.3 Å². The van der Waals surface area contributed by atoms with Crippen LogP contribution >= 0.6 is 0 Å². The molecule has 0 unspecified atom stereocenters. The number of benzene rings is 2. The zero-order valence-electron chi connectivity index (χ0n) is 39.0. The molecule has 2 aromatic carbocycles. The van der Waals surface area contributed by atoms with Gasteiger partial charge >= 0.3 is 42.0 Å². The summed E-state index contributed by atoms with van der Waals surface area (Å²) in [5.74, 6) is 7.10. The van der Waals surface area contributed by atoms with Gasteiger partial charge in [-0.15, -0.1) is 0 Å². The van der Waals surface area contributed by atoms with Crippen LogP contribution in [0.3, 0.4) is 0 Å². The molecule has 0 saturated carbocycles. The predicted molar refractivity (Wildman–Crippen MR) is 245 cm³/mol. The SMILES string of the molecule is CCOC(=O)CN(Cc1cc(C#Cc2ccc(N)cc2)cc(CN(CC(=O)OC)CC(=O)OC)n1)Cc1cc(C#Cc2ccc(N)cc2)cc(CN(CC(=O)OC)CC(=O)OC)n1.O=C(O)C(F)(F)F. The molecular weight excluding hydrogens is 924 g/mol. The lowest BCUT2D eigenvalue weighted by atomic mass is 10.1. The van der Waals surface area contributed by atoms with Crippen LogP contribution in [0.5, 0.6) is 0 Å². The summed E-state index contributed by atoms with van der Waals surface area (Å²) in [4.78, 5) is 86.0. The average molecular weight is 976 g/mol. The van der Waals surface area contributed by atoms with E-state index in [0.717, 1.165) is 0 Å². The molecule has 19 nitrogen and oxygen atoms in total. The molecule has 0 fully saturated rings. The second-order valence-electron chi connectivity index (χ2n) is 14.8. The first-order chi connectivity index (χ1) is 33.2. The first kappa shape index (κ1) is 56.3. The molecule has 0 bridgehead atoms. The number of ether oxygens (including phenoxy) is 5. The Bertz CT molecular complexity index is 2380. The monoisotopic (exact) mass is 975 g/mol. The number of methoxy groups -OCH3 is 4. The van der Waals surface area contributed by atoms with Gasteiger partial charge in [-0.25, -0.2) is 4.79 Å². The number of carboxylic acid groups (broad SMARTS) is 1. The number of pyridine rings is 2. The molecule has 372 valence electrons. The number of carboxylic acids is 1. The van der Waals surface area contributed by atoms with Gasteiger partial charge in [0, 0.05) is 59.8 Å². The van der Waals surface area contributed by atoms with E-state index in [4.69, 9.17) is 55.0 Å². The molecule has 4 aromatic rings. The second kappa shape index (κ2) is 28.3. The minimum Gasteiger partial charge on any atom is -0.475 e. The van der Waals surface area contributed by atoms with Crippen LogP contribution in [-0.2, 0) is 78.6 Å². The van der Waals surface area contributed by atoms with Gasteiger partial charge in [0.2, 0.25) is 0 Å². The smallest absolute Gasteiger partial charge is 0.475 e. The molecule has 0 aliphatic heterocycles. The van der Waals surface area contributed by atoms with Gasteiger partial charge in [-0.1, -0.05) is 23.7 Å². The number of rotatable bonds is 19. The van der Waals surface area contributed by atoms with E-state index >= 15 is 0 Å². The molecule has 0 radical (unpaired) electrons. The number of anilines is 2. The minimum atomic E-state index is -5.08. The molecule has 0 amide bonds. The van der Waals surface area contributed by atoms with Crippen LogP contribution < -0.4 is 11.5 Å². The van der Waals surface area contributed by atoms with Crippen molar-refractivity contribution in [2.75, 3.05) is 79.2 Å². The van der Waals surface area contributed by atoms with Crippen molar-refractivity contribution in [1.29, 1.82) is 0 Å². The van der Waals surface area contributed by atoms with Gasteiger partial charge in [0.1, 0.15) is 0 Å².